The Morgan fingerprint density at radius 1 is 0.960 bits per heavy atom. The van der Waals surface area contributed by atoms with Crippen LogP contribution in [0.1, 0.15) is 49.5 Å². The Morgan fingerprint density at radius 2 is 1.60 bits per heavy atom. The molecule has 0 radical (unpaired) electrons. The molecule has 25 heavy (non-hydrogen) atoms. The predicted octanol–water partition coefficient (Wildman–Crippen LogP) is 1.72. The van der Waals surface area contributed by atoms with Gasteiger partial charge in [0.15, 0.2) is 0 Å². The maximum Gasteiger partial charge on any atom is 0.269 e. The second-order valence-electron chi connectivity index (χ2n) is 7.74. The van der Waals surface area contributed by atoms with Crippen molar-refractivity contribution in [3.63, 3.8) is 0 Å². The molecule has 2 N–H and O–H groups in total. The molecule has 2 amide bonds. The molecule has 6 heteroatoms. The molecule has 2 unspecified atom stereocenters. The van der Waals surface area contributed by atoms with E-state index in [9.17, 15) is 19.2 Å². The average Bonchev–Trinajstić information content (AvgIpc) is 2.84. The molecule has 2 atom stereocenters. The van der Waals surface area contributed by atoms with Crippen molar-refractivity contribution in [1.82, 2.24) is 10.9 Å². The van der Waals surface area contributed by atoms with Gasteiger partial charge in [0.25, 0.3) is 11.8 Å². The summed E-state index contributed by atoms with van der Waals surface area (Å²) in [5.41, 5.74) is 2.91. The fraction of sp³-hybridized carbons (Fsp3) is 0.474. The normalized spacial score (nSPS) is 29.6. The molecular weight excluding hydrogens is 320 g/mol. The highest BCUT2D eigenvalue weighted by atomic mass is 16.2. The smallest absolute Gasteiger partial charge is 0.269 e. The van der Waals surface area contributed by atoms with Gasteiger partial charge in [-0.1, -0.05) is 39.0 Å². The molecule has 0 heterocycles. The summed E-state index contributed by atoms with van der Waals surface area (Å²) in [4.78, 5) is 50.1. The van der Waals surface area contributed by atoms with Gasteiger partial charge in [-0.05, 0) is 36.8 Å². The van der Waals surface area contributed by atoms with Crippen molar-refractivity contribution in [2.24, 2.45) is 16.2 Å². The lowest BCUT2D eigenvalue weighted by Crippen LogP contribution is -2.55. The van der Waals surface area contributed by atoms with Gasteiger partial charge in [-0.25, -0.2) is 0 Å². The van der Waals surface area contributed by atoms with E-state index in [-0.39, 0.29) is 0 Å². The number of aryl methyl sites for hydroxylation is 1. The van der Waals surface area contributed by atoms with Crippen LogP contribution in [0.3, 0.4) is 0 Å². The molecule has 3 rings (SSSR count). The topological polar surface area (TPSA) is 92.3 Å². The minimum atomic E-state index is -1.42. The zero-order valence-corrected chi connectivity index (χ0v) is 14.9. The van der Waals surface area contributed by atoms with Gasteiger partial charge < -0.3 is 0 Å². The molecule has 0 aromatic heterocycles. The van der Waals surface area contributed by atoms with Crippen LogP contribution in [0.15, 0.2) is 24.3 Å². The lowest BCUT2D eigenvalue weighted by Gasteiger charge is -2.36. The number of Topliss-reactive ketones (excluding diaryl/α,β-unsaturated/α-hetero) is 2. The highest BCUT2D eigenvalue weighted by Crippen LogP contribution is 2.68. The Kier molecular flexibility index (Phi) is 3.64. The molecule has 1 aromatic carbocycles. The molecule has 2 saturated carbocycles. The average molecular weight is 342 g/mol. The van der Waals surface area contributed by atoms with Crippen molar-refractivity contribution < 1.29 is 19.2 Å². The van der Waals surface area contributed by atoms with Crippen LogP contribution in [0, 0.1) is 23.2 Å². The summed E-state index contributed by atoms with van der Waals surface area (Å²) in [5.74, 6) is -2.20. The third-order valence-corrected chi connectivity index (χ3v) is 6.61. The van der Waals surface area contributed by atoms with E-state index >= 15 is 0 Å². The van der Waals surface area contributed by atoms with Crippen LogP contribution in [-0.2, 0) is 14.4 Å². The van der Waals surface area contributed by atoms with E-state index in [4.69, 9.17) is 0 Å². The highest BCUT2D eigenvalue weighted by Gasteiger charge is 2.77. The first-order valence-corrected chi connectivity index (χ1v) is 8.35. The third kappa shape index (κ3) is 1.97. The zero-order valence-electron chi connectivity index (χ0n) is 14.9. The van der Waals surface area contributed by atoms with E-state index < -0.39 is 39.6 Å². The van der Waals surface area contributed by atoms with Crippen LogP contribution < -0.4 is 10.9 Å². The van der Waals surface area contributed by atoms with Crippen molar-refractivity contribution in [2.45, 2.75) is 40.5 Å². The van der Waals surface area contributed by atoms with E-state index in [1.54, 1.807) is 45.9 Å². The van der Waals surface area contributed by atoms with E-state index in [2.05, 4.69) is 10.9 Å². The van der Waals surface area contributed by atoms with Gasteiger partial charge in [-0.3, -0.25) is 30.0 Å². The van der Waals surface area contributed by atoms with E-state index in [1.165, 1.54) is 0 Å². The standard InChI is InChI=1S/C19H22N2O4/c1-11-7-5-6-8-12(11)15(24)20-21-16(25)19-10-9-18(4,17(19,2)3)13(22)14(19)23/h5-8H,9-10H2,1-4H3,(H,20,24)(H,21,25). The van der Waals surface area contributed by atoms with E-state index in [0.29, 0.717) is 18.4 Å². The Hall–Kier alpha value is -2.50. The summed E-state index contributed by atoms with van der Waals surface area (Å²) in [7, 11) is 0. The van der Waals surface area contributed by atoms with Crippen LogP contribution in [0.5, 0.6) is 0 Å². The molecule has 2 aliphatic rings. The predicted molar refractivity (Wildman–Crippen MR) is 90.4 cm³/mol. The Labute approximate surface area is 146 Å². The van der Waals surface area contributed by atoms with Gasteiger partial charge in [-0.15, -0.1) is 0 Å². The first kappa shape index (κ1) is 17.3. The van der Waals surface area contributed by atoms with Gasteiger partial charge in [0, 0.05) is 11.0 Å². The number of fused-ring (bicyclic) bond motifs is 2. The number of ketones is 2. The number of hydrogen-bond acceptors (Lipinski definition) is 4. The lowest BCUT2D eigenvalue weighted by atomic mass is 9.64. The monoisotopic (exact) mass is 342 g/mol. The molecule has 132 valence electrons. The number of carbonyl (C=O) groups is 4. The summed E-state index contributed by atoms with van der Waals surface area (Å²) in [6, 6.07) is 6.98. The lowest BCUT2D eigenvalue weighted by molar-refractivity contribution is -0.149. The number of nitrogens with one attached hydrogen (secondary N) is 2. The molecule has 6 nitrogen and oxygen atoms in total. The quantitative estimate of drug-likeness (QED) is 0.486. The summed E-state index contributed by atoms with van der Waals surface area (Å²) < 4.78 is 0. The van der Waals surface area contributed by atoms with Gasteiger partial charge in [0.1, 0.15) is 5.41 Å². The highest BCUT2D eigenvalue weighted by molar-refractivity contribution is 6.48. The van der Waals surface area contributed by atoms with E-state index in [0.717, 1.165) is 5.56 Å². The number of hydrazine groups is 1. The van der Waals surface area contributed by atoms with Gasteiger partial charge in [-0.2, -0.15) is 0 Å². The largest absolute Gasteiger partial charge is 0.290 e. The fourth-order valence-electron chi connectivity index (χ4n) is 4.39. The van der Waals surface area contributed by atoms with Crippen LogP contribution in [0.2, 0.25) is 0 Å². The van der Waals surface area contributed by atoms with Gasteiger partial charge in [0.2, 0.25) is 11.6 Å². The van der Waals surface area contributed by atoms with Crippen LogP contribution in [0.25, 0.3) is 0 Å². The first-order valence-electron chi connectivity index (χ1n) is 8.35. The molecule has 1 aromatic rings. The van der Waals surface area contributed by atoms with Crippen LogP contribution in [-0.4, -0.2) is 23.4 Å². The van der Waals surface area contributed by atoms with Crippen molar-refractivity contribution >= 4 is 23.4 Å². The molecule has 0 aliphatic heterocycles. The van der Waals surface area contributed by atoms with Crippen molar-refractivity contribution in [3.8, 4) is 0 Å². The summed E-state index contributed by atoms with van der Waals surface area (Å²) in [5, 5.41) is 0. The maximum absolute atomic E-state index is 12.9. The summed E-state index contributed by atoms with van der Waals surface area (Å²) in [6.07, 6.45) is 0.802. The zero-order chi connectivity index (χ0) is 18.6. The Balaban J connectivity index is 1.82. The third-order valence-electron chi connectivity index (χ3n) is 6.61. The number of carbonyl (C=O) groups excluding carboxylic acids is 4. The van der Waals surface area contributed by atoms with Crippen molar-refractivity contribution in [2.75, 3.05) is 0 Å². The SMILES string of the molecule is Cc1ccccc1C(=O)NNC(=O)C12CCC(C)(C(=O)C1=O)C2(C)C. The van der Waals surface area contributed by atoms with Crippen molar-refractivity contribution in [3.05, 3.63) is 35.4 Å². The fourth-order valence-corrected chi connectivity index (χ4v) is 4.39. The number of amides is 2. The Morgan fingerprint density at radius 3 is 2.16 bits per heavy atom. The van der Waals surface area contributed by atoms with Crippen LogP contribution in [0.4, 0.5) is 0 Å². The maximum atomic E-state index is 12.9. The second-order valence-corrected chi connectivity index (χ2v) is 7.74. The van der Waals surface area contributed by atoms with Crippen LogP contribution >= 0.6 is 0 Å². The molecule has 0 saturated heterocycles. The number of benzene rings is 1. The molecular formula is C19H22N2O4. The number of hydrogen-bond donors (Lipinski definition) is 2. The minimum absolute atomic E-state index is 0.313. The molecule has 2 bridgehead atoms. The van der Waals surface area contributed by atoms with E-state index in [1.807, 2.05) is 6.07 Å². The second kappa shape index (κ2) is 5.25. The molecule has 2 aliphatic carbocycles. The number of rotatable bonds is 2. The van der Waals surface area contributed by atoms with Gasteiger partial charge >= 0.3 is 0 Å². The minimum Gasteiger partial charge on any atom is -0.290 e. The Bertz CT molecular complexity index is 813. The first-order chi connectivity index (χ1) is 11.6. The van der Waals surface area contributed by atoms with Gasteiger partial charge in [0.05, 0.1) is 0 Å². The van der Waals surface area contributed by atoms with Crippen molar-refractivity contribution in [1.29, 1.82) is 0 Å². The molecule has 2 fully saturated rings. The molecule has 0 spiro atoms. The summed E-state index contributed by atoms with van der Waals surface area (Å²) in [6.45, 7) is 7.11. The summed E-state index contributed by atoms with van der Waals surface area (Å²) >= 11 is 0.